The number of cyclic esters (lactones) is 1. The number of alkyl halides is 1. The Labute approximate surface area is 201 Å². The van der Waals surface area contributed by atoms with E-state index in [4.69, 9.17) is 16.3 Å². The molecule has 0 N–H and O–H groups in total. The first kappa shape index (κ1) is 22.8. The summed E-state index contributed by atoms with van der Waals surface area (Å²) >= 11 is 8.41. The van der Waals surface area contributed by atoms with E-state index in [0.29, 0.717) is 41.8 Å². The Morgan fingerprint density at radius 2 is 1.84 bits per heavy atom. The first-order chi connectivity index (χ1) is 14.8. The number of anilines is 1. The predicted molar refractivity (Wildman–Crippen MR) is 130 cm³/mol. The Balaban J connectivity index is 1.48. The van der Waals surface area contributed by atoms with Crippen molar-refractivity contribution >= 4 is 56.0 Å². The van der Waals surface area contributed by atoms with E-state index >= 15 is 0 Å². The number of carbonyl (C=O) groups excluding carboxylic acids is 1. The molecule has 0 aromatic heterocycles. The van der Waals surface area contributed by atoms with E-state index in [1.807, 2.05) is 18.2 Å². The van der Waals surface area contributed by atoms with Crippen molar-refractivity contribution in [3.05, 3.63) is 58.6 Å². The predicted octanol–water partition coefficient (Wildman–Crippen LogP) is 5.19. The van der Waals surface area contributed by atoms with Crippen LogP contribution in [0.15, 0.2) is 47.4 Å². The monoisotopic (exact) mass is 574 g/mol. The van der Waals surface area contributed by atoms with Crippen LogP contribution in [0.1, 0.15) is 36.8 Å². The number of rotatable bonds is 5. The second-order valence-electron chi connectivity index (χ2n) is 7.96. The Hall–Kier alpha value is -1.36. The van der Waals surface area contributed by atoms with Crippen molar-refractivity contribution in [2.75, 3.05) is 22.4 Å². The van der Waals surface area contributed by atoms with Crippen molar-refractivity contribution in [2.45, 2.75) is 43.2 Å². The third-order valence-corrected chi connectivity index (χ3v) is 9.43. The minimum Gasteiger partial charge on any atom is -0.444 e. The summed E-state index contributed by atoms with van der Waals surface area (Å²) in [6.45, 7) is 3.03. The molecule has 1 amide bonds. The molecule has 166 valence electrons. The normalized spacial score (nSPS) is 19.1. The molecule has 0 bridgehead atoms. The molecule has 6 nitrogen and oxygen atoms in total. The van der Waals surface area contributed by atoms with Gasteiger partial charge in [0.05, 0.1) is 10.6 Å². The average Bonchev–Trinajstić information content (AvgIpc) is 2.79. The first-order valence-electron chi connectivity index (χ1n) is 10.2. The van der Waals surface area contributed by atoms with Crippen LogP contribution in [0.25, 0.3) is 0 Å². The van der Waals surface area contributed by atoms with Gasteiger partial charge in [0.25, 0.3) is 0 Å². The highest BCUT2D eigenvalue weighted by atomic mass is 127. The number of nitrogens with zero attached hydrogens (tertiary/aromatic N) is 2. The maximum absolute atomic E-state index is 13.1. The number of halogens is 2. The molecule has 31 heavy (non-hydrogen) atoms. The van der Waals surface area contributed by atoms with Gasteiger partial charge in [-0.15, -0.1) is 0 Å². The minimum atomic E-state index is -3.57. The third-order valence-electron chi connectivity index (χ3n) is 5.96. The Bertz CT molecular complexity index is 1070. The van der Waals surface area contributed by atoms with E-state index in [2.05, 4.69) is 29.5 Å². The van der Waals surface area contributed by atoms with Gasteiger partial charge in [-0.25, -0.2) is 13.2 Å². The summed E-state index contributed by atoms with van der Waals surface area (Å²) in [6, 6.07) is 12.5. The molecule has 2 aliphatic rings. The molecule has 0 spiro atoms. The molecule has 4 rings (SSSR count). The molecule has 9 heteroatoms. The van der Waals surface area contributed by atoms with Crippen LogP contribution in [0, 0.1) is 0 Å². The summed E-state index contributed by atoms with van der Waals surface area (Å²) in [5, 5.41) is 0.594. The van der Waals surface area contributed by atoms with Crippen LogP contribution in [0.2, 0.25) is 5.02 Å². The van der Waals surface area contributed by atoms with Gasteiger partial charge in [-0.3, -0.25) is 4.90 Å². The molecule has 0 aliphatic carbocycles. The summed E-state index contributed by atoms with van der Waals surface area (Å²) in [5.41, 5.74) is 2.79. The average molecular weight is 575 g/mol. The number of amides is 1. The van der Waals surface area contributed by atoms with E-state index < -0.39 is 16.1 Å². The number of ether oxygens (including phenoxy) is 1. The zero-order chi connectivity index (χ0) is 22.2. The summed E-state index contributed by atoms with van der Waals surface area (Å²) < 4.78 is 34.1. The van der Waals surface area contributed by atoms with Crippen LogP contribution in [0.4, 0.5) is 10.5 Å². The molecule has 2 aromatic rings. The molecule has 2 heterocycles. The number of carbonyl (C=O) groups is 1. The fourth-order valence-corrected chi connectivity index (χ4v) is 6.28. The van der Waals surface area contributed by atoms with E-state index in [1.165, 1.54) is 4.31 Å². The Morgan fingerprint density at radius 3 is 2.48 bits per heavy atom. The van der Waals surface area contributed by atoms with Gasteiger partial charge in [-0.2, -0.15) is 4.31 Å². The zero-order valence-corrected chi connectivity index (χ0v) is 20.9. The first-order valence-corrected chi connectivity index (χ1v) is 13.6. The molecule has 2 aromatic carbocycles. The van der Waals surface area contributed by atoms with E-state index in [0.717, 1.165) is 21.2 Å². The van der Waals surface area contributed by atoms with Crippen LogP contribution < -0.4 is 4.90 Å². The van der Waals surface area contributed by atoms with Crippen LogP contribution >= 0.6 is 34.2 Å². The second-order valence-corrected chi connectivity index (χ2v) is 11.2. The molecule has 1 atom stereocenters. The van der Waals surface area contributed by atoms with Gasteiger partial charge in [0, 0.05) is 34.1 Å². The number of hydrogen-bond acceptors (Lipinski definition) is 4. The van der Waals surface area contributed by atoms with Crippen LogP contribution in [0.3, 0.4) is 0 Å². The summed E-state index contributed by atoms with van der Waals surface area (Å²) in [4.78, 5) is 14.5. The highest BCUT2D eigenvalue weighted by molar-refractivity contribution is 14.1. The highest BCUT2D eigenvalue weighted by Gasteiger charge is 2.37. The lowest BCUT2D eigenvalue weighted by Crippen LogP contribution is -2.50. The molecular formula is C22H24ClIN2O4S. The van der Waals surface area contributed by atoms with Crippen molar-refractivity contribution in [1.29, 1.82) is 0 Å². The number of fused-ring (bicyclic) bond motifs is 1. The lowest BCUT2D eigenvalue weighted by Gasteiger charge is -2.39. The smallest absolute Gasteiger partial charge is 0.414 e. The third kappa shape index (κ3) is 4.58. The van der Waals surface area contributed by atoms with Crippen molar-refractivity contribution < 1.29 is 17.9 Å². The van der Waals surface area contributed by atoms with Crippen molar-refractivity contribution in [1.82, 2.24) is 4.31 Å². The van der Waals surface area contributed by atoms with Crippen LogP contribution in [-0.2, 0) is 21.4 Å². The van der Waals surface area contributed by atoms with Gasteiger partial charge in [-0.1, -0.05) is 53.2 Å². The topological polar surface area (TPSA) is 66.9 Å². The molecular weight excluding hydrogens is 551 g/mol. The van der Waals surface area contributed by atoms with Crippen molar-refractivity contribution in [2.24, 2.45) is 0 Å². The van der Waals surface area contributed by atoms with Gasteiger partial charge < -0.3 is 4.74 Å². The SMILES string of the molecule is CC(CI)c1ccc(S(=O)(=O)N2CCC(N3C(=O)OCc4cc(Cl)ccc43)CC2)cc1. The Morgan fingerprint density at radius 1 is 1.16 bits per heavy atom. The number of piperidine rings is 1. The summed E-state index contributed by atoms with van der Waals surface area (Å²) in [6.07, 6.45) is 0.692. The number of hydrogen-bond donors (Lipinski definition) is 0. The van der Waals surface area contributed by atoms with E-state index in [1.54, 1.807) is 29.2 Å². The Kier molecular flexibility index (Phi) is 6.81. The van der Waals surface area contributed by atoms with Crippen molar-refractivity contribution in [3.63, 3.8) is 0 Å². The molecule has 1 unspecified atom stereocenters. The standard InChI is InChI=1S/C22H24ClIN2O4S/c1-15(13-24)16-2-5-20(6-3-16)31(28,29)25-10-8-19(9-11-25)26-21-7-4-18(23)12-17(21)14-30-22(26)27/h2-7,12,15,19H,8-11,13-14H2,1H3. The molecule has 2 aliphatic heterocycles. The maximum atomic E-state index is 13.1. The quantitative estimate of drug-likeness (QED) is 0.364. The number of sulfonamides is 1. The fourth-order valence-electron chi connectivity index (χ4n) is 4.11. The zero-order valence-electron chi connectivity index (χ0n) is 17.1. The lowest BCUT2D eigenvalue weighted by atomic mass is 10.0. The van der Waals surface area contributed by atoms with Gasteiger partial charge in [0.15, 0.2) is 0 Å². The van der Waals surface area contributed by atoms with Gasteiger partial charge in [0.1, 0.15) is 6.61 Å². The van der Waals surface area contributed by atoms with Crippen LogP contribution in [-0.4, -0.2) is 42.4 Å². The minimum absolute atomic E-state index is 0.119. The maximum Gasteiger partial charge on any atom is 0.414 e. The number of benzene rings is 2. The molecule has 1 saturated heterocycles. The van der Waals surface area contributed by atoms with Gasteiger partial charge in [-0.05, 0) is 54.7 Å². The summed E-state index contributed by atoms with van der Waals surface area (Å²) in [5.74, 6) is 0.384. The van der Waals surface area contributed by atoms with Crippen LogP contribution in [0.5, 0.6) is 0 Å². The van der Waals surface area contributed by atoms with E-state index in [9.17, 15) is 13.2 Å². The van der Waals surface area contributed by atoms with E-state index in [-0.39, 0.29) is 12.6 Å². The lowest BCUT2D eigenvalue weighted by molar-refractivity contribution is 0.136. The molecule has 0 radical (unpaired) electrons. The highest BCUT2D eigenvalue weighted by Crippen LogP contribution is 2.34. The summed E-state index contributed by atoms with van der Waals surface area (Å²) in [7, 11) is -3.57. The van der Waals surface area contributed by atoms with Gasteiger partial charge in [0.2, 0.25) is 10.0 Å². The molecule has 0 saturated carbocycles. The van der Waals surface area contributed by atoms with Gasteiger partial charge >= 0.3 is 6.09 Å². The largest absolute Gasteiger partial charge is 0.444 e. The fraction of sp³-hybridized carbons (Fsp3) is 0.409. The second kappa shape index (κ2) is 9.25. The van der Waals surface area contributed by atoms with Crippen molar-refractivity contribution in [3.8, 4) is 0 Å². The molecule has 1 fully saturated rings.